The van der Waals surface area contributed by atoms with Gasteiger partial charge in [-0.3, -0.25) is 9.59 Å². The predicted octanol–water partition coefficient (Wildman–Crippen LogP) is 4.08. The van der Waals surface area contributed by atoms with E-state index in [0.717, 1.165) is 10.5 Å². The number of urea groups is 1. The van der Waals surface area contributed by atoms with Gasteiger partial charge < -0.3 is 20.1 Å². The van der Waals surface area contributed by atoms with Gasteiger partial charge in [0.05, 0.1) is 17.7 Å². The van der Waals surface area contributed by atoms with Crippen molar-refractivity contribution in [3.05, 3.63) is 57.7 Å². The lowest BCUT2D eigenvalue weighted by Gasteiger charge is -2.16. The van der Waals surface area contributed by atoms with Crippen molar-refractivity contribution in [3.8, 4) is 11.5 Å². The number of imide groups is 1. The van der Waals surface area contributed by atoms with Crippen LogP contribution in [0.4, 0.5) is 10.5 Å². The molecule has 1 aliphatic rings. The number of nitrogens with zero attached hydrogens (tertiary/aromatic N) is 1. The molecule has 1 heterocycles. The number of carbonyl (C=O) groups excluding carboxylic acids is 3. The molecule has 4 amide bonds. The number of methoxy groups -OCH3 is 1. The molecule has 9 heteroatoms. The zero-order valence-electron chi connectivity index (χ0n) is 18.2. The molecule has 0 aliphatic carbocycles. The Labute approximate surface area is 194 Å². The van der Waals surface area contributed by atoms with Gasteiger partial charge in [0.1, 0.15) is 12.2 Å². The van der Waals surface area contributed by atoms with Crippen LogP contribution in [0.15, 0.2) is 46.6 Å². The molecule has 2 N–H and O–H groups in total. The van der Waals surface area contributed by atoms with Gasteiger partial charge in [-0.05, 0) is 78.2 Å². The van der Waals surface area contributed by atoms with Crippen molar-refractivity contribution in [2.75, 3.05) is 19.0 Å². The molecule has 0 atom stereocenters. The minimum absolute atomic E-state index is 0.0559. The molecule has 0 bridgehead atoms. The van der Waals surface area contributed by atoms with Crippen LogP contribution in [0.1, 0.15) is 25.0 Å². The Kier molecular flexibility index (Phi) is 7.19. The lowest BCUT2D eigenvalue weighted by atomic mass is 10.1. The minimum Gasteiger partial charge on any atom is -0.493 e. The van der Waals surface area contributed by atoms with Crippen LogP contribution in [0.3, 0.4) is 0 Å². The topological polar surface area (TPSA) is 97.0 Å². The first-order chi connectivity index (χ1) is 15.2. The summed E-state index contributed by atoms with van der Waals surface area (Å²) in [6.07, 6.45) is 1.46. The zero-order chi connectivity index (χ0) is 23.4. The Bertz CT molecular complexity index is 1100. The number of anilines is 1. The first kappa shape index (κ1) is 23.3. The molecule has 32 heavy (non-hydrogen) atoms. The molecule has 1 aliphatic heterocycles. The van der Waals surface area contributed by atoms with Crippen LogP contribution in [0.25, 0.3) is 6.08 Å². The molecule has 8 nitrogen and oxygen atoms in total. The summed E-state index contributed by atoms with van der Waals surface area (Å²) in [4.78, 5) is 38.3. The number of aryl methyl sites for hydroxylation is 1. The van der Waals surface area contributed by atoms with E-state index in [1.807, 2.05) is 32.9 Å². The quantitative estimate of drug-likeness (QED) is 0.439. The number of halogens is 1. The summed E-state index contributed by atoms with van der Waals surface area (Å²) < 4.78 is 11.8. The second kappa shape index (κ2) is 9.86. The number of nitrogens with one attached hydrogen (secondary N) is 2. The van der Waals surface area contributed by atoms with E-state index in [9.17, 15) is 14.4 Å². The Morgan fingerprint density at radius 1 is 1.25 bits per heavy atom. The summed E-state index contributed by atoms with van der Waals surface area (Å²) in [6.45, 7) is 5.31. The van der Waals surface area contributed by atoms with Gasteiger partial charge in [0.2, 0.25) is 5.91 Å². The molecule has 2 aromatic carbocycles. The van der Waals surface area contributed by atoms with E-state index >= 15 is 0 Å². The number of amides is 4. The van der Waals surface area contributed by atoms with Crippen LogP contribution in [0.5, 0.6) is 11.5 Å². The fourth-order valence-electron chi connectivity index (χ4n) is 3.12. The van der Waals surface area contributed by atoms with E-state index in [1.54, 1.807) is 24.3 Å². The highest BCUT2D eigenvalue weighted by atomic mass is 79.9. The van der Waals surface area contributed by atoms with Crippen LogP contribution >= 0.6 is 15.9 Å². The van der Waals surface area contributed by atoms with Crippen LogP contribution in [0, 0.1) is 6.92 Å². The average Bonchev–Trinajstić information content (AvgIpc) is 2.96. The summed E-state index contributed by atoms with van der Waals surface area (Å²) in [6, 6.07) is 10.0. The molecule has 0 radical (unpaired) electrons. The van der Waals surface area contributed by atoms with E-state index in [1.165, 1.54) is 13.2 Å². The lowest BCUT2D eigenvalue weighted by molar-refractivity contribution is -0.127. The number of carbonyl (C=O) groups is 3. The summed E-state index contributed by atoms with van der Waals surface area (Å²) >= 11 is 3.45. The van der Waals surface area contributed by atoms with E-state index < -0.39 is 24.4 Å². The Hall–Kier alpha value is -3.33. The van der Waals surface area contributed by atoms with Gasteiger partial charge >= 0.3 is 6.03 Å². The Morgan fingerprint density at radius 2 is 2.00 bits per heavy atom. The highest BCUT2D eigenvalue weighted by Gasteiger charge is 2.35. The van der Waals surface area contributed by atoms with E-state index in [-0.39, 0.29) is 11.8 Å². The van der Waals surface area contributed by atoms with E-state index in [2.05, 4.69) is 26.6 Å². The molecule has 0 saturated carbocycles. The smallest absolute Gasteiger partial charge is 0.329 e. The first-order valence-electron chi connectivity index (χ1n) is 9.93. The van der Waals surface area contributed by atoms with Crippen molar-refractivity contribution in [1.29, 1.82) is 0 Å². The maximum atomic E-state index is 12.7. The molecular formula is C23H24BrN3O5. The van der Waals surface area contributed by atoms with E-state index in [4.69, 9.17) is 9.47 Å². The third kappa shape index (κ3) is 5.47. The van der Waals surface area contributed by atoms with Gasteiger partial charge in [0, 0.05) is 5.69 Å². The summed E-state index contributed by atoms with van der Waals surface area (Å²) in [5, 5.41) is 5.21. The average molecular weight is 502 g/mol. The van der Waals surface area contributed by atoms with Gasteiger partial charge in [0.25, 0.3) is 5.91 Å². The number of hydrogen-bond donors (Lipinski definition) is 2. The van der Waals surface area contributed by atoms with Gasteiger partial charge in [0.15, 0.2) is 11.5 Å². The van der Waals surface area contributed by atoms with Crippen molar-refractivity contribution in [2.45, 2.75) is 26.9 Å². The van der Waals surface area contributed by atoms with Gasteiger partial charge in [-0.1, -0.05) is 12.1 Å². The van der Waals surface area contributed by atoms with E-state index in [0.29, 0.717) is 27.2 Å². The monoisotopic (exact) mass is 501 g/mol. The molecule has 3 rings (SSSR count). The van der Waals surface area contributed by atoms with Crippen molar-refractivity contribution in [2.24, 2.45) is 0 Å². The first-order valence-corrected chi connectivity index (χ1v) is 10.7. The summed E-state index contributed by atoms with van der Waals surface area (Å²) in [7, 11) is 1.52. The van der Waals surface area contributed by atoms with Crippen LogP contribution in [0.2, 0.25) is 0 Å². The minimum atomic E-state index is -0.661. The molecule has 0 spiro atoms. The Balaban J connectivity index is 1.76. The fourth-order valence-corrected chi connectivity index (χ4v) is 3.68. The van der Waals surface area contributed by atoms with Crippen molar-refractivity contribution in [1.82, 2.24) is 10.2 Å². The fraction of sp³-hybridized carbons (Fsp3) is 0.261. The van der Waals surface area contributed by atoms with Crippen molar-refractivity contribution >= 4 is 45.5 Å². The number of hydrogen-bond acceptors (Lipinski definition) is 5. The van der Waals surface area contributed by atoms with Crippen molar-refractivity contribution in [3.63, 3.8) is 0 Å². The summed E-state index contributed by atoms with van der Waals surface area (Å²) in [5.41, 5.74) is 2.25. The van der Waals surface area contributed by atoms with Crippen LogP contribution in [-0.2, 0) is 9.59 Å². The second-order valence-corrected chi connectivity index (χ2v) is 8.35. The van der Waals surface area contributed by atoms with Crippen LogP contribution in [-0.4, -0.2) is 42.5 Å². The predicted molar refractivity (Wildman–Crippen MR) is 124 cm³/mol. The second-order valence-electron chi connectivity index (χ2n) is 7.50. The highest BCUT2D eigenvalue weighted by Crippen LogP contribution is 2.38. The molecule has 1 fully saturated rings. The van der Waals surface area contributed by atoms with Crippen molar-refractivity contribution < 1.29 is 23.9 Å². The lowest BCUT2D eigenvalue weighted by Crippen LogP contribution is -2.38. The normalized spacial score (nSPS) is 14.7. The number of rotatable bonds is 7. The molecule has 168 valence electrons. The molecule has 0 unspecified atom stereocenters. The maximum Gasteiger partial charge on any atom is 0.329 e. The maximum absolute atomic E-state index is 12.7. The highest BCUT2D eigenvalue weighted by molar-refractivity contribution is 9.10. The summed E-state index contributed by atoms with van der Waals surface area (Å²) in [5.74, 6) is -0.0427. The Morgan fingerprint density at radius 3 is 2.66 bits per heavy atom. The number of ether oxygens (including phenoxy) is 2. The third-order valence-electron chi connectivity index (χ3n) is 4.48. The van der Waals surface area contributed by atoms with Gasteiger partial charge in [-0.15, -0.1) is 0 Å². The molecule has 1 saturated heterocycles. The number of benzene rings is 2. The standard InChI is InChI=1S/C23H24BrN3O5/c1-13(2)32-21-17(24)9-15(11-19(21)31-4)10-18-22(29)27(23(30)26-18)12-20(28)25-16-7-5-6-14(3)8-16/h5-11,13H,12H2,1-4H3,(H,25,28)(H,26,30)/b18-10+. The largest absolute Gasteiger partial charge is 0.493 e. The molecular weight excluding hydrogens is 478 g/mol. The van der Waals surface area contributed by atoms with Gasteiger partial charge in [-0.25, -0.2) is 9.69 Å². The SMILES string of the molecule is COc1cc(/C=C2/NC(=O)N(CC(=O)Nc3cccc(C)c3)C2=O)cc(Br)c1OC(C)C. The molecule has 0 aromatic heterocycles. The third-order valence-corrected chi connectivity index (χ3v) is 5.07. The molecule has 2 aromatic rings. The van der Waals surface area contributed by atoms with Gasteiger partial charge in [-0.2, -0.15) is 0 Å². The zero-order valence-corrected chi connectivity index (χ0v) is 19.8. The van der Waals surface area contributed by atoms with Crippen LogP contribution < -0.4 is 20.1 Å².